The van der Waals surface area contributed by atoms with Crippen molar-refractivity contribution >= 4 is 38.1 Å². The molecule has 15 heavy (non-hydrogen) atoms. The summed E-state index contributed by atoms with van der Waals surface area (Å²) in [5, 5.41) is 8.50. The molecule has 78 valence electrons. The molecule has 0 radical (unpaired) electrons. The van der Waals surface area contributed by atoms with Crippen molar-refractivity contribution in [1.29, 1.82) is 0 Å². The van der Waals surface area contributed by atoms with E-state index >= 15 is 0 Å². The van der Waals surface area contributed by atoms with Crippen LogP contribution in [0.1, 0.15) is 0 Å². The minimum atomic E-state index is -0.261. The number of halogens is 2. The average molecular weight is 288 g/mol. The van der Waals surface area contributed by atoms with Crippen LogP contribution < -0.4 is 4.90 Å². The summed E-state index contributed by atoms with van der Waals surface area (Å²) in [5.74, 6) is -0.261. The summed E-state index contributed by atoms with van der Waals surface area (Å²) in [6.45, 7) is 0. The number of aromatic nitrogens is 2. The van der Waals surface area contributed by atoms with Crippen molar-refractivity contribution in [2.45, 2.75) is 0 Å². The molecule has 0 bridgehead atoms. The Bertz CT molecular complexity index is 474. The second-order valence-electron chi connectivity index (χ2n) is 2.88. The molecule has 0 unspecified atom stereocenters. The Balaban J connectivity index is 2.32. The van der Waals surface area contributed by atoms with Crippen LogP contribution in [0.4, 0.5) is 15.2 Å². The van der Waals surface area contributed by atoms with E-state index in [0.717, 1.165) is 5.69 Å². The maximum Gasteiger partial charge on any atom is 0.213 e. The van der Waals surface area contributed by atoms with Gasteiger partial charge in [-0.15, -0.1) is 10.2 Å². The smallest absolute Gasteiger partial charge is 0.213 e. The third-order valence-corrected chi connectivity index (χ3v) is 3.30. The number of benzene rings is 1. The van der Waals surface area contributed by atoms with Crippen molar-refractivity contribution in [3.8, 4) is 0 Å². The normalized spacial score (nSPS) is 10.3. The second kappa shape index (κ2) is 4.24. The molecular weight excluding hydrogens is 281 g/mol. The largest absolute Gasteiger partial charge is 0.319 e. The van der Waals surface area contributed by atoms with E-state index in [4.69, 9.17) is 0 Å². The van der Waals surface area contributed by atoms with Crippen LogP contribution in [0.2, 0.25) is 0 Å². The number of nitrogens with zero attached hydrogens (tertiary/aromatic N) is 3. The van der Waals surface area contributed by atoms with Crippen LogP contribution in [-0.2, 0) is 0 Å². The third kappa shape index (κ3) is 2.32. The van der Waals surface area contributed by atoms with Crippen LogP contribution in [0.3, 0.4) is 0 Å². The van der Waals surface area contributed by atoms with Crippen molar-refractivity contribution in [2.75, 3.05) is 11.9 Å². The molecule has 0 N–H and O–H groups in total. The van der Waals surface area contributed by atoms with Gasteiger partial charge in [-0.1, -0.05) is 17.4 Å². The van der Waals surface area contributed by atoms with E-state index in [2.05, 4.69) is 26.1 Å². The summed E-state index contributed by atoms with van der Waals surface area (Å²) >= 11 is 4.63. The SMILES string of the molecule is CN(c1cccc(F)c1)c1nnc(Br)s1. The van der Waals surface area contributed by atoms with E-state index in [1.807, 2.05) is 13.1 Å². The first-order chi connectivity index (χ1) is 7.16. The molecule has 0 aliphatic rings. The summed E-state index contributed by atoms with van der Waals surface area (Å²) < 4.78 is 13.7. The summed E-state index contributed by atoms with van der Waals surface area (Å²) in [6.07, 6.45) is 0. The summed E-state index contributed by atoms with van der Waals surface area (Å²) in [7, 11) is 1.82. The molecule has 0 aliphatic heterocycles. The molecule has 0 saturated carbocycles. The fourth-order valence-electron chi connectivity index (χ4n) is 1.13. The van der Waals surface area contributed by atoms with Gasteiger partial charge in [0.1, 0.15) is 5.82 Å². The fraction of sp³-hybridized carbons (Fsp3) is 0.111. The van der Waals surface area contributed by atoms with Gasteiger partial charge < -0.3 is 4.90 Å². The Morgan fingerprint density at radius 2 is 2.20 bits per heavy atom. The molecule has 1 aromatic carbocycles. The van der Waals surface area contributed by atoms with Gasteiger partial charge in [-0.3, -0.25) is 0 Å². The molecule has 0 fully saturated rings. The predicted octanol–water partition coefficient (Wildman–Crippen LogP) is 3.21. The Kier molecular flexibility index (Phi) is 2.97. The van der Waals surface area contributed by atoms with Gasteiger partial charge in [0, 0.05) is 12.7 Å². The van der Waals surface area contributed by atoms with Crippen LogP contribution in [0.15, 0.2) is 28.2 Å². The quantitative estimate of drug-likeness (QED) is 0.849. The second-order valence-corrected chi connectivity index (χ2v) is 5.11. The fourth-order valence-corrected chi connectivity index (χ4v) is 2.20. The first kappa shape index (κ1) is 10.5. The standard InChI is InChI=1S/C9H7BrFN3S/c1-14(9-13-12-8(10)15-9)7-4-2-3-6(11)5-7/h2-5H,1H3. The van der Waals surface area contributed by atoms with Gasteiger partial charge in [0.2, 0.25) is 5.13 Å². The Labute approximate surface area is 98.7 Å². The van der Waals surface area contributed by atoms with Crippen LogP contribution in [0, 0.1) is 5.82 Å². The van der Waals surface area contributed by atoms with Crippen LogP contribution in [-0.4, -0.2) is 17.2 Å². The maximum absolute atomic E-state index is 13.0. The molecule has 1 heterocycles. The molecule has 0 atom stereocenters. The monoisotopic (exact) mass is 287 g/mol. The van der Waals surface area contributed by atoms with Crippen molar-refractivity contribution in [3.05, 3.63) is 34.0 Å². The van der Waals surface area contributed by atoms with Crippen molar-refractivity contribution in [3.63, 3.8) is 0 Å². The van der Waals surface area contributed by atoms with Gasteiger partial charge in [-0.2, -0.15) is 0 Å². The molecule has 6 heteroatoms. The molecule has 2 aromatic rings. The maximum atomic E-state index is 13.0. The first-order valence-electron chi connectivity index (χ1n) is 4.15. The molecule has 2 rings (SSSR count). The Morgan fingerprint density at radius 1 is 1.40 bits per heavy atom. The summed E-state index contributed by atoms with van der Waals surface area (Å²) in [5.41, 5.74) is 0.749. The van der Waals surface area contributed by atoms with E-state index in [1.54, 1.807) is 11.0 Å². The molecule has 0 saturated heterocycles. The van der Waals surface area contributed by atoms with Crippen LogP contribution in [0.25, 0.3) is 0 Å². The highest BCUT2D eigenvalue weighted by atomic mass is 79.9. The highest BCUT2D eigenvalue weighted by molar-refractivity contribution is 9.11. The lowest BCUT2D eigenvalue weighted by molar-refractivity contribution is 0.628. The van der Waals surface area contributed by atoms with Crippen molar-refractivity contribution < 1.29 is 4.39 Å². The van der Waals surface area contributed by atoms with Gasteiger partial charge >= 0.3 is 0 Å². The Morgan fingerprint density at radius 3 is 2.80 bits per heavy atom. The van der Waals surface area contributed by atoms with Gasteiger partial charge in [0.05, 0.1) is 0 Å². The van der Waals surface area contributed by atoms with Gasteiger partial charge in [0.25, 0.3) is 0 Å². The summed E-state index contributed by atoms with van der Waals surface area (Å²) in [6, 6.07) is 6.35. The lowest BCUT2D eigenvalue weighted by Gasteiger charge is -2.14. The molecule has 1 aromatic heterocycles. The first-order valence-corrected chi connectivity index (χ1v) is 5.76. The highest BCUT2D eigenvalue weighted by Gasteiger charge is 2.09. The van der Waals surface area contributed by atoms with Crippen LogP contribution >= 0.6 is 27.3 Å². The van der Waals surface area contributed by atoms with Crippen molar-refractivity contribution in [1.82, 2.24) is 10.2 Å². The zero-order valence-corrected chi connectivity index (χ0v) is 10.2. The predicted molar refractivity (Wildman–Crippen MR) is 62.1 cm³/mol. The molecule has 0 aliphatic carbocycles. The lowest BCUT2D eigenvalue weighted by atomic mass is 10.3. The van der Waals surface area contributed by atoms with Gasteiger partial charge in [-0.05, 0) is 34.1 Å². The minimum absolute atomic E-state index is 0.261. The highest BCUT2D eigenvalue weighted by Crippen LogP contribution is 2.28. The van der Waals surface area contributed by atoms with E-state index < -0.39 is 0 Å². The van der Waals surface area contributed by atoms with E-state index in [0.29, 0.717) is 9.05 Å². The van der Waals surface area contributed by atoms with Crippen molar-refractivity contribution in [2.24, 2.45) is 0 Å². The Hall–Kier alpha value is -1.01. The van der Waals surface area contributed by atoms with E-state index in [9.17, 15) is 4.39 Å². The number of anilines is 2. The summed E-state index contributed by atoms with van der Waals surface area (Å²) in [4.78, 5) is 1.78. The molecule has 3 nitrogen and oxygen atoms in total. The van der Waals surface area contributed by atoms with E-state index in [-0.39, 0.29) is 5.82 Å². The number of hydrogen-bond acceptors (Lipinski definition) is 4. The average Bonchev–Trinajstić information content (AvgIpc) is 2.64. The number of hydrogen-bond donors (Lipinski definition) is 0. The zero-order chi connectivity index (χ0) is 10.8. The molecule has 0 spiro atoms. The minimum Gasteiger partial charge on any atom is -0.319 e. The third-order valence-electron chi connectivity index (χ3n) is 1.87. The van der Waals surface area contributed by atoms with E-state index in [1.165, 1.54) is 23.5 Å². The zero-order valence-electron chi connectivity index (χ0n) is 7.82. The van der Waals surface area contributed by atoms with Crippen LogP contribution in [0.5, 0.6) is 0 Å². The molecular formula is C9H7BrFN3S. The molecule has 0 amide bonds. The lowest BCUT2D eigenvalue weighted by Crippen LogP contribution is -2.09. The van der Waals surface area contributed by atoms with Gasteiger partial charge in [0.15, 0.2) is 3.92 Å². The number of rotatable bonds is 2. The topological polar surface area (TPSA) is 29.0 Å². The van der Waals surface area contributed by atoms with Gasteiger partial charge in [-0.25, -0.2) is 4.39 Å².